The molecule has 0 fully saturated rings. The van der Waals surface area contributed by atoms with Crippen molar-refractivity contribution in [3.05, 3.63) is 53.3 Å². The van der Waals surface area contributed by atoms with Crippen molar-refractivity contribution in [1.29, 1.82) is 0 Å². The Bertz CT molecular complexity index is 794. The Hall–Kier alpha value is -2.60. The van der Waals surface area contributed by atoms with E-state index in [0.29, 0.717) is 30.0 Å². The van der Waals surface area contributed by atoms with Crippen molar-refractivity contribution < 1.29 is 18.7 Å². The van der Waals surface area contributed by atoms with Gasteiger partial charge in [-0.15, -0.1) is 0 Å². The average molecular weight is 328 g/mol. The first-order valence-corrected chi connectivity index (χ1v) is 7.92. The summed E-state index contributed by atoms with van der Waals surface area (Å²) in [6, 6.07) is 10.6. The molecule has 0 aromatic heterocycles. The molecule has 24 heavy (non-hydrogen) atoms. The lowest BCUT2D eigenvalue weighted by Crippen LogP contribution is -2.40. The number of para-hydroxylation sites is 2. The molecule has 1 amide bonds. The molecule has 0 spiro atoms. The molecule has 6 heteroatoms. The molecule has 0 bridgehead atoms. The Labute approximate surface area is 138 Å². The number of nitrogens with one attached hydrogen (secondary N) is 2. The average Bonchev–Trinajstić information content (AvgIpc) is 2.64. The summed E-state index contributed by atoms with van der Waals surface area (Å²) in [5, 5.41) is 5.82. The Morgan fingerprint density at radius 2 is 2.04 bits per heavy atom. The largest absolute Gasteiger partial charge is 0.485 e. The number of hydrogen-bond acceptors (Lipinski definition) is 4. The molecule has 0 aliphatic carbocycles. The molecule has 0 saturated carbocycles. The fraction of sp³-hybridized carbons (Fsp3) is 0.278. The van der Waals surface area contributed by atoms with Crippen LogP contribution in [0.1, 0.15) is 11.1 Å². The van der Waals surface area contributed by atoms with Gasteiger partial charge in [0.15, 0.2) is 11.5 Å². The Morgan fingerprint density at radius 1 is 1.21 bits per heavy atom. The van der Waals surface area contributed by atoms with Crippen LogP contribution in [0.2, 0.25) is 0 Å². The van der Waals surface area contributed by atoms with Crippen molar-refractivity contribution in [2.45, 2.75) is 19.1 Å². The number of fused-ring (bicyclic) bond motifs is 2. The van der Waals surface area contributed by atoms with Crippen LogP contribution in [0.15, 0.2) is 36.4 Å². The fourth-order valence-corrected chi connectivity index (χ4v) is 2.99. The first-order valence-electron chi connectivity index (χ1n) is 7.92. The van der Waals surface area contributed by atoms with Gasteiger partial charge in [0.25, 0.3) is 5.91 Å². The van der Waals surface area contributed by atoms with E-state index in [1.807, 2.05) is 12.1 Å². The zero-order chi connectivity index (χ0) is 16.5. The highest BCUT2D eigenvalue weighted by atomic mass is 19.1. The monoisotopic (exact) mass is 328 g/mol. The first-order chi connectivity index (χ1) is 11.7. The van der Waals surface area contributed by atoms with Gasteiger partial charge in [-0.25, -0.2) is 4.39 Å². The first kappa shape index (κ1) is 15.0. The standard InChI is InChI=1S/C18H17FN2O3/c19-17-12-7-8-20-9-11(12)5-6-13(17)21-18(22)16-10-23-14-3-1-2-4-15(14)24-16/h1-6,16,20H,7-10H2,(H,21,22). The van der Waals surface area contributed by atoms with Gasteiger partial charge >= 0.3 is 0 Å². The number of halogens is 1. The maximum atomic E-state index is 14.6. The number of anilines is 1. The highest BCUT2D eigenvalue weighted by Crippen LogP contribution is 2.31. The summed E-state index contributed by atoms with van der Waals surface area (Å²) in [6.07, 6.45) is -0.196. The smallest absolute Gasteiger partial charge is 0.269 e. The van der Waals surface area contributed by atoms with E-state index < -0.39 is 12.0 Å². The van der Waals surface area contributed by atoms with Crippen LogP contribution in [0.3, 0.4) is 0 Å². The summed E-state index contributed by atoms with van der Waals surface area (Å²) < 4.78 is 25.8. The molecule has 0 radical (unpaired) electrons. The Kier molecular flexibility index (Phi) is 3.82. The Balaban J connectivity index is 1.51. The van der Waals surface area contributed by atoms with Gasteiger partial charge < -0.3 is 20.1 Å². The van der Waals surface area contributed by atoms with Gasteiger partial charge in [0.1, 0.15) is 12.4 Å². The van der Waals surface area contributed by atoms with Crippen LogP contribution in [0, 0.1) is 5.82 Å². The van der Waals surface area contributed by atoms with E-state index in [2.05, 4.69) is 10.6 Å². The zero-order valence-corrected chi connectivity index (χ0v) is 13.0. The SMILES string of the molecule is O=C(Nc1ccc2c(c1F)CCNC2)C1COc2ccccc2O1. The van der Waals surface area contributed by atoms with Crippen LogP contribution in [0.25, 0.3) is 0 Å². The van der Waals surface area contributed by atoms with Gasteiger partial charge in [-0.2, -0.15) is 0 Å². The summed E-state index contributed by atoms with van der Waals surface area (Å²) in [5.74, 6) is 0.340. The molecule has 2 aromatic carbocycles. The normalized spacial score (nSPS) is 18.6. The molecule has 1 unspecified atom stereocenters. The number of carbonyl (C=O) groups excluding carboxylic acids is 1. The van der Waals surface area contributed by atoms with Crippen molar-refractivity contribution >= 4 is 11.6 Å². The van der Waals surface area contributed by atoms with Crippen LogP contribution >= 0.6 is 0 Å². The van der Waals surface area contributed by atoms with Crippen molar-refractivity contribution in [2.24, 2.45) is 0 Å². The number of rotatable bonds is 2. The summed E-state index contributed by atoms with van der Waals surface area (Å²) in [5.41, 5.74) is 1.78. The molecule has 2 N–H and O–H groups in total. The number of hydrogen-bond donors (Lipinski definition) is 2. The molecule has 4 rings (SSSR count). The van der Waals surface area contributed by atoms with Gasteiger partial charge in [0.2, 0.25) is 6.10 Å². The maximum Gasteiger partial charge on any atom is 0.269 e. The predicted octanol–water partition coefficient (Wildman–Crippen LogP) is 2.25. The van der Waals surface area contributed by atoms with E-state index in [1.165, 1.54) is 0 Å². The van der Waals surface area contributed by atoms with Gasteiger partial charge in [0.05, 0.1) is 5.69 Å². The molecular formula is C18H17FN2O3. The summed E-state index contributed by atoms with van der Waals surface area (Å²) in [4.78, 5) is 12.4. The second-order valence-corrected chi connectivity index (χ2v) is 5.85. The molecule has 2 aromatic rings. The maximum absolute atomic E-state index is 14.6. The third kappa shape index (κ3) is 2.69. The third-order valence-corrected chi connectivity index (χ3v) is 4.27. The van der Waals surface area contributed by atoms with Crippen LogP contribution in [-0.4, -0.2) is 25.2 Å². The van der Waals surface area contributed by atoms with Gasteiger partial charge in [-0.05, 0) is 42.3 Å². The molecule has 124 valence electrons. The van der Waals surface area contributed by atoms with Crippen LogP contribution in [0.4, 0.5) is 10.1 Å². The number of benzene rings is 2. The van der Waals surface area contributed by atoms with Gasteiger partial charge in [-0.3, -0.25) is 4.79 Å². The molecular weight excluding hydrogens is 311 g/mol. The van der Waals surface area contributed by atoms with Gasteiger partial charge in [0, 0.05) is 6.54 Å². The molecule has 2 aliphatic heterocycles. The van der Waals surface area contributed by atoms with E-state index in [9.17, 15) is 9.18 Å². The molecule has 5 nitrogen and oxygen atoms in total. The number of amides is 1. The highest BCUT2D eigenvalue weighted by molar-refractivity contribution is 5.95. The molecule has 2 heterocycles. The van der Waals surface area contributed by atoms with E-state index in [1.54, 1.807) is 24.3 Å². The van der Waals surface area contributed by atoms with Crippen LogP contribution < -0.4 is 20.1 Å². The molecule has 1 atom stereocenters. The number of carbonyl (C=O) groups is 1. The lowest BCUT2D eigenvalue weighted by Gasteiger charge is -2.26. The molecule has 2 aliphatic rings. The second-order valence-electron chi connectivity index (χ2n) is 5.85. The fourth-order valence-electron chi connectivity index (χ4n) is 2.99. The van der Waals surface area contributed by atoms with Gasteiger partial charge in [-0.1, -0.05) is 18.2 Å². The lowest BCUT2D eigenvalue weighted by molar-refractivity contribution is -0.125. The summed E-state index contributed by atoms with van der Waals surface area (Å²) >= 11 is 0. The van der Waals surface area contributed by atoms with E-state index in [-0.39, 0.29) is 18.1 Å². The van der Waals surface area contributed by atoms with E-state index >= 15 is 0 Å². The zero-order valence-electron chi connectivity index (χ0n) is 13.0. The Morgan fingerprint density at radius 3 is 2.92 bits per heavy atom. The minimum atomic E-state index is -0.808. The van der Waals surface area contributed by atoms with Crippen molar-refractivity contribution in [2.75, 3.05) is 18.5 Å². The quantitative estimate of drug-likeness (QED) is 0.888. The van der Waals surface area contributed by atoms with Crippen molar-refractivity contribution in [1.82, 2.24) is 5.32 Å². The van der Waals surface area contributed by atoms with Crippen LogP contribution in [-0.2, 0) is 17.8 Å². The minimum absolute atomic E-state index is 0.0966. The van der Waals surface area contributed by atoms with E-state index in [0.717, 1.165) is 12.1 Å². The second kappa shape index (κ2) is 6.13. The predicted molar refractivity (Wildman–Crippen MR) is 86.8 cm³/mol. The van der Waals surface area contributed by atoms with Crippen LogP contribution in [0.5, 0.6) is 11.5 Å². The highest BCUT2D eigenvalue weighted by Gasteiger charge is 2.28. The van der Waals surface area contributed by atoms with Crippen molar-refractivity contribution in [3.8, 4) is 11.5 Å². The number of ether oxygens (including phenoxy) is 2. The van der Waals surface area contributed by atoms with Crippen molar-refractivity contribution in [3.63, 3.8) is 0 Å². The summed E-state index contributed by atoms with van der Waals surface area (Å²) in [7, 11) is 0. The summed E-state index contributed by atoms with van der Waals surface area (Å²) in [6.45, 7) is 1.48. The van der Waals surface area contributed by atoms with E-state index in [4.69, 9.17) is 9.47 Å². The molecule has 0 saturated heterocycles. The lowest BCUT2D eigenvalue weighted by atomic mass is 9.99. The third-order valence-electron chi connectivity index (χ3n) is 4.27. The topological polar surface area (TPSA) is 59.6 Å². The minimum Gasteiger partial charge on any atom is -0.485 e.